The Morgan fingerprint density at radius 2 is 1.70 bits per heavy atom. The molecule has 0 aliphatic carbocycles. The van der Waals surface area contributed by atoms with E-state index in [1.807, 2.05) is 48.5 Å². The van der Waals surface area contributed by atoms with Crippen LogP contribution in [-0.2, 0) is 11.3 Å². The molecular weight excluding hydrogens is 508 g/mol. The van der Waals surface area contributed by atoms with E-state index < -0.39 is 17.5 Å². The third-order valence-electron chi connectivity index (χ3n) is 5.88. The average molecular weight is 541 g/mol. The number of nitrogens with zero attached hydrogens (tertiary/aromatic N) is 4. The number of aromatic nitrogens is 3. The SMILES string of the molecule is CC(C)(C)N(C(=O)O)c1ccc(-c2ccccc2)cc1NC(=O)c1ncc(NCCOCc2cccnc2)cn1. The van der Waals surface area contributed by atoms with Gasteiger partial charge in [0.05, 0.1) is 42.7 Å². The topological polar surface area (TPSA) is 130 Å². The lowest BCUT2D eigenvalue weighted by Crippen LogP contribution is -2.45. The number of anilines is 3. The first-order chi connectivity index (χ1) is 19.2. The maximum Gasteiger partial charge on any atom is 0.412 e. The molecule has 2 aromatic carbocycles. The maximum atomic E-state index is 13.2. The predicted octanol–water partition coefficient (Wildman–Crippen LogP) is 5.70. The van der Waals surface area contributed by atoms with E-state index in [-0.39, 0.29) is 5.82 Å². The number of nitrogens with one attached hydrogen (secondary N) is 2. The van der Waals surface area contributed by atoms with Crippen LogP contribution in [0.4, 0.5) is 21.9 Å². The van der Waals surface area contributed by atoms with E-state index >= 15 is 0 Å². The van der Waals surface area contributed by atoms with E-state index in [1.54, 1.807) is 45.3 Å². The Morgan fingerprint density at radius 3 is 2.35 bits per heavy atom. The van der Waals surface area contributed by atoms with Crippen LogP contribution in [0.25, 0.3) is 11.1 Å². The van der Waals surface area contributed by atoms with E-state index in [1.165, 1.54) is 17.3 Å². The Balaban J connectivity index is 1.46. The molecule has 4 aromatic rings. The fourth-order valence-electron chi connectivity index (χ4n) is 4.05. The molecule has 0 bridgehead atoms. The second-order valence-corrected chi connectivity index (χ2v) is 9.98. The monoisotopic (exact) mass is 540 g/mol. The second kappa shape index (κ2) is 12.8. The van der Waals surface area contributed by atoms with Crippen LogP contribution in [0, 0.1) is 0 Å². The largest absolute Gasteiger partial charge is 0.465 e. The summed E-state index contributed by atoms with van der Waals surface area (Å²) in [5, 5.41) is 16.0. The van der Waals surface area contributed by atoms with Crippen molar-refractivity contribution in [3.8, 4) is 11.1 Å². The Morgan fingerprint density at radius 1 is 0.950 bits per heavy atom. The lowest BCUT2D eigenvalue weighted by Gasteiger charge is -2.34. The van der Waals surface area contributed by atoms with Crippen molar-refractivity contribution in [3.63, 3.8) is 0 Å². The van der Waals surface area contributed by atoms with Crippen LogP contribution in [0.2, 0.25) is 0 Å². The first-order valence-electron chi connectivity index (χ1n) is 12.8. The highest BCUT2D eigenvalue weighted by Gasteiger charge is 2.30. The van der Waals surface area contributed by atoms with Crippen molar-refractivity contribution >= 4 is 29.1 Å². The van der Waals surface area contributed by atoms with Gasteiger partial charge in [-0.05, 0) is 55.7 Å². The van der Waals surface area contributed by atoms with Gasteiger partial charge in [-0.1, -0.05) is 42.5 Å². The molecule has 4 rings (SSSR count). The Labute approximate surface area is 233 Å². The van der Waals surface area contributed by atoms with Gasteiger partial charge in [-0.25, -0.2) is 14.8 Å². The summed E-state index contributed by atoms with van der Waals surface area (Å²) in [5.41, 5.74) is 3.30. The molecule has 206 valence electrons. The minimum Gasteiger partial charge on any atom is -0.465 e. The fourth-order valence-corrected chi connectivity index (χ4v) is 4.05. The number of carboxylic acid groups (broad SMARTS) is 1. The van der Waals surface area contributed by atoms with E-state index in [0.29, 0.717) is 36.8 Å². The number of hydrogen-bond acceptors (Lipinski definition) is 7. The number of benzene rings is 2. The van der Waals surface area contributed by atoms with Gasteiger partial charge < -0.3 is 20.5 Å². The number of hydrogen-bond donors (Lipinski definition) is 3. The number of pyridine rings is 1. The van der Waals surface area contributed by atoms with Gasteiger partial charge in [0.15, 0.2) is 0 Å². The molecule has 2 heterocycles. The molecule has 10 heteroatoms. The highest BCUT2D eigenvalue weighted by Crippen LogP contribution is 2.35. The predicted molar refractivity (Wildman–Crippen MR) is 155 cm³/mol. The molecule has 3 N–H and O–H groups in total. The summed E-state index contributed by atoms with van der Waals surface area (Å²) in [5.74, 6) is -0.607. The van der Waals surface area contributed by atoms with Crippen molar-refractivity contribution in [1.29, 1.82) is 0 Å². The number of ether oxygens (including phenoxy) is 1. The van der Waals surface area contributed by atoms with E-state index in [2.05, 4.69) is 25.6 Å². The molecule has 40 heavy (non-hydrogen) atoms. The molecule has 0 atom stereocenters. The van der Waals surface area contributed by atoms with Crippen LogP contribution in [0.1, 0.15) is 37.0 Å². The minimum atomic E-state index is -1.13. The van der Waals surface area contributed by atoms with Crippen LogP contribution in [0.3, 0.4) is 0 Å². The van der Waals surface area contributed by atoms with Gasteiger partial charge in [-0.15, -0.1) is 0 Å². The summed E-state index contributed by atoms with van der Waals surface area (Å²) >= 11 is 0. The Kier molecular flexibility index (Phi) is 9.03. The van der Waals surface area contributed by atoms with Crippen LogP contribution in [-0.4, -0.2) is 50.7 Å². The quantitative estimate of drug-likeness (QED) is 0.218. The zero-order chi connectivity index (χ0) is 28.5. The van der Waals surface area contributed by atoms with E-state index in [0.717, 1.165) is 16.7 Å². The normalized spacial score (nSPS) is 11.1. The molecule has 0 saturated carbocycles. The van der Waals surface area contributed by atoms with Crippen molar-refractivity contribution in [2.24, 2.45) is 0 Å². The van der Waals surface area contributed by atoms with Crippen LogP contribution < -0.4 is 15.5 Å². The molecule has 0 saturated heterocycles. The van der Waals surface area contributed by atoms with Crippen LogP contribution in [0.5, 0.6) is 0 Å². The van der Waals surface area contributed by atoms with Gasteiger partial charge in [-0.3, -0.25) is 14.7 Å². The molecule has 0 spiro atoms. The van der Waals surface area contributed by atoms with Gasteiger partial charge in [0.1, 0.15) is 0 Å². The summed E-state index contributed by atoms with van der Waals surface area (Å²) in [6.45, 7) is 6.82. The van der Waals surface area contributed by atoms with Crippen molar-refractivity contribution in [3.05, 3.63) is 96.8 Å². The van der Waals surface area contributed by atoms with Crippen LogP contribution >= 0.6 is 0 Å². The number of rotatable bonds is 10. The van der Waals surface area contributed by atoms with E-state index in [9.17, 15) is 14.7 Å². The summed E-state index contributed by atoms with van der Waals surface area (Å²) in [4.78, 5) is 39.0. The van der Waals surface area contributed by atoms with Gasteiger partial charge >= 0.3 is 6.09 Å². The number of carbonyl (C=O) groups is 2. The van der Waals surface area contributed by atoms with Crippen molar-refractivity contribution < 1.29 is 19.4 Å². The first kappa shape index (κ1) is 28.2. The molecule has 2 amide bonds. The van der Waals surface area contributed by atoms with Crippen LogP contribution in [0.15, 0.2) is 85.5 Å². The van der Waals surface area contributed by atoms with Gasteiger partial charge in [0.2, 0.25) is 5.82 Å². The Hall–Kier alpha value is -4.83. The molecule has 0 aliphatic heterocycles. The molecule has 0 fully saturated rings. The summed E-state index contributed by atoms with van der Waals surface area (Å²) < 4.78 is 5.63. The summed E-state index contributed by atoms with van der Waals surface area (Å²) in [6.07, 6.45) is 5.37. The lowest BCUT2D eigenvalue weighted by molar-refractivity contribution is 0.101. The zero-order valence-electron chi connectivity index (χ0n) is 22.7. The molecule has 10 nitrogen and oxygen atoms in total. The zero-order valence-corrected chi connectivity index (χ0v) is 22.7. The second-order valence-electron chi connectivity index (χ2n) is 9.98. The molecule has 0 radical (unpaired) electrons. The molecule has 0 aliphatic rings. The third kappa shape index (κ3) is 7.39. The fraction of sp³-hybridized carbons (Fsp3) is 0.233. The first-order valence-corrected chi connectivity index (χ1v) is 12.8. The average Bonchev–Trinajstić information content (AvgIpc) is 2.94. The van der Waals surface area contributed by atoms with Crippen molar-refractivity contribution in [2.75, 3.05) is 28.7 Å². The number of carbonyl (C=O) groups excluding carboxylic acids is 1. The van der Waals surface area contributed by atoms with Gasteiger partial charge in [0.25, 0.3) is 5.91 Å². The lowest BCUT2D eigenvalue weighted by atomic mass is 10.0. The van der Waals surface area contributed by atoms with Crippen molar-refractivity contribution in [2.45, 2.75) is 32.9 Å². The molecule has 2 aromatic heterocycles. The molecular formula is C30H32N6O4. The third-order valence-corrected chi connectivity index (χ3v) is 5.88. The standard InChI is InChI=1S/C30H32N6O4/c1-30(2,3)36(29(38)39)26-12-11-23(22-9-5-4-6-10-22)16-25(26)35-28(37)27-33-18-24(19-34-27)32-14-15-40-20-21-8-7-13-31-17-21/h4-13,16-19,32H,14-15,20H2,1-3H3,(H,35,37)(H,38,39). The van der Waals surface area contributed by atoms with E-state index in [4.69, 9.17) is 4.74 Å². The summed E-state index contributed by atoms with van der Waals surface area (Å²) in [7, 11) is 0. The summed E-state index contributed by atoms with van der Waals surface area (Å²) in [6, 6.07) is 18.7. The number of amides is 2. The highest BCUT2D eigenvalue weighted by molar-refractivity contribution is 6.06. The van der Waals surface area contributed by atoms with Crippen molar-refractivity contribution in [1.82, 2.24) is 15.0 Å². The smallest absolute Gasteiger partial charge is 0.412 e. The molecule has 0 unspecified atom stereocenters. The van der Waals surface area contributed by atoms with Gasteiger partial charge in [-0.2, -0.15) is 0 Å². The minimum absolute atomic E-state index is 0.0490. The van der Waals surface area contributed by atoms with Gasteiger partial charge in [0, 0.05) is 24.5 Å². The maximum absolute atomic E-state index is 13.2. The Bertz CT molecular complexity index is 1420. The highest BCUT2D eigenvalue weighted by atomic mass is 16.5.